The normalized spacial score (nSPS) is 12.4. The van der Waals surface area contributed by atoms with Crippen LogP contribution in [0.4, 0.5) is 4.39 Å². The molecule has 1 N–H and O–H groups in total. The van der Waals surface area contributed by atoms with Gasteiger partial charge in [0.15, 0.2) is 0 Å². The molecule has 0 radical (unpaired) electrons. The van der Waals surface area contributed by atoms with Gasteiger partial charge < -0.3 is 5.32 Å². The summed E-state index contributed by atoms with van der Waals surface area (Å²) in [5.74, 6) is -0.246. The van der Waals surface area contributed by atoms with Crippen molar-refractivity contribution >= 4 is 47.8 Å². The quantitative estimate of drug-likeness (QED) is 0.685. The maximum absolute atomic E-state index is 13.1. The van der Waals surface area contributed by atoms with E-state index in [0.29, 0.717) is 6.42 Å². The molecule has 1 unspecified atom stereocenters. The van der Waals surface area contributed by atoms with Crippen molar-refractivity contribution in [2.45, 2.75) is 12.5 Å². The molecule has 2 nitrogen and oxygen atoms in total. The highest BCUT2D eigenvalue weighted by atomic mass is 79.9. The summed E-state index contributed by atoms with van der Waals surface area (Å²) in [6.45, 7) is 0. The van der Waals surface area contributed by atoms with Crippen molar-refractivity contribution < 1.29 is 4.39 Å². The first-order valence-corrected chi connectivity index (χ1v) is 8.31. The average Bonchev–Trinajstić information content (AvgIpc) is 2.39. The molecule has 0 bridgehead atoms. The molecule has 20 heavy (non-hydrogen) atoms. The lowest BCUT2D eigenvalue weighted by Gasteiger charge is -2.18. The molecule has 1 atom stereocenters. The van der Waals surface area contributed by atoms with E-state index in [0.717, 1.165) is 24.7 Å². The Morgan fingerprint density at radius 3 is 2.55 bits per heavy atom. The maximum atomic E-state index is 13.1. The third kappa shape index (κ3) is 3.87. The number of halogens is 4. The molecule has 1 aromatic heterocycles. The number of nitrogens with zero attached hydrogens (tertiary/aromatic N) is 1. The number of nitrogens with one attached hydrogen (secondary N) is 1. The second-order valence-corrected chi connectivity index (χ2v) is 6.93. The third-order valence-electron chi connectivity index (χ3n) is 2.95. The lowest BCUT2D eigenvalue weighted by atomic mass is 10.0. The van der Waals surface area contributed by atoms with E-state index in [4.69, 9.17) is 0 Å². The second kappa shape index (κ2) is 7.11. The zero-order chi connectivity index (χ0) is 14.7. The van der Waals surface area contributed by atoms with Gasteiger partial charge in [0.25, 0.3) is 0 Å². The van der Waals surface area contributed by atoms with Gasteiger partial charge in [0.1, 0.15) is 5.82 Å². The largest absolute Gasteiger partial charge is 0.311 e. The van der Waals surface area contributed by atoms with Gasteiger partial charge in [-0.25, -0.2) is 4.39 Å². The van der Waals surface area contributed by atoms with Crippen LogP contribution in [0.2, 0.25) is 0 Å². The van der Waals surface area contributed by atoms with Crippen molar-refractivity contribution in [1.82, 2.24) is 10.3 Å². The number of hydrogen-bond acceptors (Lipinski definition) is 2. The lowest BCUT2D eigenvalue weighted by Crippen LogP contribution is -2.20. The molecule has 0 saturated heterocycles. The number of aromatic nitrogens is 1. The van der Waals surface area contributed by atoms with Crippen molar-refractivity contribution in [3.63, 3.8) is 0 Å². The molecule has 0 aliphatic heterocycles. The van der Waals surface area contributed by atoms with Crippen LogP contribution in [0.1, 0.15) is 17.3 Å². The predicted molar refractivity (Wildman–Crippen MR) is 89.2 cm³/mol. The van der Waals surface area contributed by atoms with Gasteiger partial charge in [0, 0.05) is 19.6 Å². The summed E-state index contributed by atoms with van der Waals surface area (Å²) in [4.78, 5) is 4.45. The first-order valence-electron chi connectivity index (χ1n) is 5.93. The van der Waals surface area contributed by atoms with Crippen LogP contribution in [0, 0.1) is 5.82 Å². The Kier molecular flexibility index (Phi) is 5.72. The predicted octanol–water partition coefficient (Wildman–Crippen LogP) is 5.01. The fourth-order valence-electron chi connectivity index (χ4n) is 1.92. The van der Waals surface area contributed by atoms with E-state index >= 15 is 0 Å². The Labute approximate surface area is 142 Å². The molecule has 0 fully saturated rings. The van der Waals surface area contributed by atoms with Gasteiger partial charge in [-0.3, -0.25) is 4.98 Å². The van der Waals surface area contributed by atoms with Gasteiger partial charge in [-0.1, -0.05) is 22.0 Å². The van der Waals surface area contributed by atoms with Gasteiger partial charge in [0.2, 0.25) is 0 Å². The molecule has 0 aliphatic carbocycles. The molecular weight excluding hydrogens is 455 g/mol. The van der Waals surface area contributed by atoms with Gasteiger partial charge in [-0.05, 0) is 69.1 Å². The van der Waals surface area contributed by atoms with E-state index in [2.05, 4.69) is 58.1 Å². The van der Waals surface area contributed by atoms with Crippen molar-refractivity contribution in [3.8, 4) is 0 Å². The topological polar surface area (TPSA) is 24.9 Å². The first-order chi connectivity index (χ1) is 9.51. The number of rotatable bonds is 4. The molecule has 1 aromatic carbocycles. The highest BCUT2D eigenvalue weighted by Gasteiger charge is 2.16. The van der Waals surface area contributed by atoms with E-state index in [1.54, 1.807) is 12.3 Å². The van der Waals surface area contributed by atoms with Crippen molar-refractivity contribution in [3.05, 3.63) is 61.0 Å². The minimum absolute atomic E-state index is 0.0410. The van der Waals surface area contributed by atoms with E-state index in [1.807, 2.05) is 13.1 Å². The molecular formula is C14H12Br3FN2. The van der Waals surface area contributed by atoms with E-state index in [1.165, 1.54) is 12.1 Å². The van der Waals surface area contributed by atoms with Crippen LogP contribution in [0.3, 0.4) is 0 Å². The van der Waals surface area contributed by atoms with Crippen LogP contribution >= 0.6 is 47.8 Å². The Bertz CT molecular complexity index is 619. The lowest BCUT2D eigenvalue weighted by molar-refractivity contribution is 0.570. The number of likely N-dealkylation sites (N-methyl/N-ethyl adjacent to an activating group) is 1. The molecule has 0 saturated carbocycles. The van der Waals surface area contributed by atoms with Crippen molar-refractivity contribution in [2.24, 2.45) is 0 Å². The van der Waals surface area contributed by atoms with Crippen LogP contribution in [0.5, 0.6) is 0 Å². The number of hydrogen-bond donors (Lipinski definition) is 1. The van der Waals surface area contributed by atoms with Crippen LogP contribution < -0.4 is 5.32 Å². The summed E-state index contributed by atoms with van der Waals surface area (Å²) in [6.07, 6.45) is 2.48. The Morgan fingerprint density at radius 1 is 1.20 bits per heavy atom. The van der Waals surface area contributed by atoms with E-state index in [9.17, 15) is 4.39 Å². The zero-order valence-electron chi connectivity index (χ0n) is 10.6. The molecule has 2 aromatic rings. The van der Waals surface area contributed by atoms with Crippen LogP contribution in [-0.2, 0) is 6.42 Å². The van der Waals surface area contributed by atoms with Crippen LogP contribution in [0.25, 0.3) is 0 Å². The molecule has 106 valence electrons. The Balaban J connectivity index is 2.28. The summed E-state index contributed by atoms with van der Waals surface area (Å²) >= 11 is 10.3. The molecule has 0 amide bonds. The monoisotopic (exact) mass is 464 g/mol. The molecule has 1 heterocycles. The van der Waals surface area contributed by atoms with Crippen molar-refractivity contribution in [2.75, 3.05) is 7.05 Å². The highest BCUT2D eigenvalue weighted by molar-refractivity contribution is 9.11. The summed E-state index contributed by atoms with van der Waals surface area (Å²) in [7, 11) is 1.89. The fourth-order valence-corrected chi connectivity index (χ4v) is 3.70. The Hall–Kier alpha value is -0.300. The molecule has 0 aliphatic rings. The summed E-state index contributed by atoms with van der Waals surface area (Å²) in [5, 5.41) is 3.25. The third-order valence-corrected chi connectivity index (χ3v) is 4.76. The Morgan fingerprint density at radius 2 is 1.95 bits per heavy atom. The van der Waals surface area contributed by atoms with E-state index in [-0.39, 0.29) is 11.9 Å². The standard InChI is InChI=1S/C14H12Br3FN2/c1-19-13(14-12(17)5-9(15)7-20-14)4-8-2-3-10(18)6-11(8)16/h2-3,5-7,13,19H,4H2,1H3. The minimum Gasteiger partial charge on any atom is -0.311 e. The maximum Gasteiger partial charge on any atom is 0.124 e. The smallest absolute Gasteiger partial charge is 0.124 e. The highest BCUT2D eigenvalue weighted by Crippen LogP contribution is 2.29. The second-order valence-electron chi connectivity index (χ2n) is 4.30. The minimum atomic E-state index is -0.246. The van der Waals surface area contributed by atoms with Crippen molar-refractivity contribution in [1.29, 1.82) is 0 Å². The SMILES string of the molecule is CNC(Cc1ccc(F)cc1Br)c1ncc(Br)cc1Br. The van der Waals surface area contributed by atoms with Gasteiger partial charge >= 0.3 is 0 Å². The van der Waals surface area contributed by atoms with Crippen LogP contribution in [-0.4, -0.2) is 12.0 Å². The number of pyridine rings is 1. The fraction of sp³-hybridized carbons (Fsp3) is 0.214. The average molecular weight is 467 g/mol. The molecule has 6 heteroatoms. The van der Waals surface area contributed by atoms with Gasteiger partial charge in [-0.2, -0.15) is 0 Å². The number of benzene rings is 1. The van der Waals surface area contributed by atoms with E-state index < -0.39 is 0 Å². The summed E-state index contributed by atoms with van der Waals surface area (Å²) < 4.78 is 15.8. The first kappa shape index (κ1) is 16.1. The zero-order valence-corrected chi connectivity index (χ0v) is 15.4. The van der Waals surface area contributed by atoms with Crippen LogP contribution in [0.15, 0.2) is 43.9 Å². The molecule has 2 rings (SSSR count). The van der Waals surface area contributed by atoms with Gasteiger partial charge in [-0.15, -0.1) is 0 Å². The summed E-state index contributed by atoms with van der Waals surface area (Å²) in [5.41, 5.74) is 1.95. The molecule has 0 spiro atoms. The van der Waals surface area contributed by atoms with Gasteiger partial charge in [0.05, 0.1) is 11.7 Å². The summed E-state index contributed by atoms with van der Waals surface area (Å²) in [6, 6.07) is 6.74.